The summed E-state index contributed by atoms with van der Waals surface area (Å²) in [6.07, 6.45) is 41.5. The van der Waals surface area contributed by atoms with Gasteiger partial charge in [0.05, 0.1) is 34.4 Å². The van der Waals surface area contributed by atoms with Crippen LogP contribution >= 0.6 is 0 Å². The van der Waals surface area contributed by atoms with Gasteiger partial charge in [0.2, 0.25) is 0 Å². The second-order valence-corrected chi connectivity index (χ2v) is 15.3. The van der Waals surface area contributed by atoms with Gasteiger partial charge in [-0.25, -0.2) is 4.79 Å². The fraction of sp³-hybridized carbons (Fsp3) is 0.756. The average molecular weight is 747 g/mol. The number of hydrogen-bond acceptors (Lipinski definition) is 6. The number of esters is 2. The molecule has 0 saturated heterocycles. The predicted molar refractivity (Wildman–Crippen MR) is 220 cm³/mol. The van der Waals surface area contributed by atoms with Crippen molar-refractivity contribution in [1.82, 2.24) is 0 Å². The van der Waals surface area contributed by atoms with Crippen molar-refractivity contribution in [2.45, 2.75) is 180 Å². The standard InChI is InChI=1S/C45H79NO7/c1-6-8-10-12-14-16-18-20-22-24-26-28-30-32-34-36-44(48)53-41(39-51-38-37-42(45(49)50)46(3,4)5)40-52-43(47)35-33-31-29-27-25-23-21-19-17-15-13-11-9-7-2/h8,10,12,14,16,18,23,25,41-42H,6-7,9,11,13,15,17,19-22,24,26-40H2,1-5H3/p+1/b10-8+,14-12+,18-16+,25-23+. The molecule has 0 aromatic heterocycles. The lowest BCUT2D eigenvalue weighted by molar-refractivity contribution is -0.887. The fourth-order valence-electron chi connectivity index (χ4n) is 5.97. The topological polar surface area (TPSA) is 99.1 Å². The summed E-state index contributed by atoms with van der Waals surface area (Å²) in [7, 11) is 5.51. The number of unbranched alkanes of at least 4 members (excludes halogenated alkanes) is 17. The normalized spacial score (nSPS) is 13.5. The molecule has 0 heterocycles. The minimum absolute atomic E-state index is 0.0507. The number of nitrogens with zero attached hydrogens (tertiary/aromatic N) is 1. The first-order valence-corrected chi connectivity index (χ1v) is 21.2. The minimum Gasteiger partial charge on any atom is -0.477 e. The Balaban J connectivity index is 4.41. The van der Waals surface area contributed by atoms with Gasteiger partial charge in [0.25, 0.3) is 0 Å². The van der Waals surface area contributed by atoms with Crippen molar-refractivity contribution in [3.63, 3.8) is 0 Å². The second-order valence-electron chi connectivity index (χ2n) is 15.3. The molecule has 0 aliphatic heterocycles. The molecule has 306 valence electrons. The summed E-state index contributed by atoms with van der Waals surface area (Å²) in [5.41, 5.74) is 0. The second kappa shape index (κ2) is 36.3. The van der Waals surface area contributed by atoms with Crippen molar-refractivity contribution in [1.29, 1.82) is 0 Å². The summed E-state index contributed by atoms with van der Waals surface area (Å²) in [6, 6.07) is -0.619. The third-order valence-corrected chi connectivity index (χ3v) is 9.27. The maximum Gasteiger partial charge on any atom is 0.362 e. The molecule has 0 aromatic carbocycles. The van der Waals surface area contributed by atoms with Gasteiger partial charge in [-0.15, -0.1) is 0 Å². The number of likely N-dealkylation sites (N-methyl/N-ethyl adjacent to an activating group) is 1. The molecule has 2 atom stereocenters. The molecule has 0 saturated carbocycles. The number of quaternary nitrogens is 1. The van der Waals surface area contributed by atoms with Gasteiger partial charge in [0, 0.05) is 19.3 Å². The highest BCUT2D eigenvalue weighted by Gasteiger charge is 2.31. The monoisotopic (exact) mass is 747 g/mol. The molecule has 0 bridgehead atoms. The van der Waals surface area contributed by atoms with Gasteiger partial charge in [-0.3, -0.25) is 9.59 Å². The molecule has 0 rings (SSSR count). The summed E-state index contributed by atoms with van der Waals surface area (Å²) in [5.74, 6) is -1.51. The summed E-state index contributed by atoms with van der Waals surface area (Å²) in [5, 5.41) is 9.60. The van der Waals surface area contributed by atoms with Crippen molar-refractivity contribution in [2.75, 3.05) is 41.0 Å². The zero-order valence-electron chi connectivity index (χ0n) is 34.7. The van der Waals surface area contributed by atoms with Crippen LogP contribution in [0.15, 0.2) is 48.6 Å². The number of carbonyl (C=O) groups excluding carboxylic acids is 2. The van der Waals surface area contributed by atoms with E-state index >= 15 is 0 Å². The number of carboxylic acid groups (broad SMARTS) is 1. The van der Waals surface area contributed by atoms with Gasteiger partial charge in [0.15, 0.2) is 12.1 Å². The van der Waals surface area contributed by atoms with Crippen molar-refractivity contribution in [3.8, 4) is 0 Å². The number of allylic oxidation sites excluding steroid dienone is 8. The SMILES string of the molecule is CC/C=C/C=C/C=C/CCCCCCCCCC(=O)OC(COCCC(C(=O)O)[N+](C)(C)C)COC(=O)CCCCC/C=C/CCCCCCCCC. The molecule has 0 aliphatic carbocycles. The van der Waals surface area contributed by atoms with Crippen LogP contribution in [0.25, 0.3) is 0 Å². The number of hydrogen-bond donors (Lipinski definition) is 1. The van der Waals surface area contributed by atoms with Crippen LogP contribution in [-0.4, -0.2) is 80.6 Å². The molecule has 8 nitrogen and oxygen atoms in total. The zero-order chi connectivity index (χ0) is 39.3. The van der Waals surface area contributed by atoms with Crippen molar-refractivity contribution in [3.05, 3.63) is 48.6 Å². The number of carboxylic acids is 1. The Morgan fingerprint density at radius 2 is 1.08 bits per heavy atom. The predicted octanol–water partition coefficient (Wildman–Crippen LogP) is 11.2. The van der Waals surface area contributed by atoms with Crippen molar-refractivity contribution in [2.24, 2.45) is 0 Å². The van der Waals surface area contributed by atoms with Gasteiger partial charge in [-0.05, 0) is 57.8 Å². The minimum atomic E-state index is -0.881. The highest BCUT2D eigenvalue weighted by molar-refractivity contribution is 5.72. The summed E-state index contributed by atoms with van der Waals surface area (Å²) < 4.78 is 17.2. The van der Waals surface area contributed by atoms with Crippen LogP contribution in [0.3, 0.4) is 0 Å². The molecule has 0 amide bonds. The van der Waals surface area contributed by atoms with Gasteiger partial charge in [-0.2, -0.15) is 0 Å². The quantitative estimate of drug-likeness (QED) is 0.0222. The number of aliphatic carboxylic acids is 1. The van der Waals surface area contributed by atoms with Gasteiger partial charge in [0.1, 0.15) is 6.61 Å². The highest BCUT2D eigenvalue weighted by Crippen LogP contribution is 2.13. The fourth-order valence-corrected chi connectivity index (χ4v) is 5.97. The summed E-state index contributed by atoms with van der Waals surface area (Å²) in [6.45, 7) is 4.56. The van der Waals surface area contributed by atoms with Gasteiger partial charge >= 0.3 is 17.9 Å². The molecule has 53 heavy (non-hydrogen) atoms. The van der Waals surface area contributed by atoms with E-state index in [4.69, 9.17) is 14.2 Å². The summed E-state index contributed by atoms with van der Waals surface area (Å²) >= 11 is 0. The Bertz CT molecular complexity index is 1010. The van der Waals surface area contributed by atoms with E-state index in [0.717, 1.165) is 70.6 Å². The maximum atomic E-state index is 12.7. The van der Waals surface area contributed by atoms with Crippen LogP contribution in [0, 0.1) is 0 Å². The molecular formula is C45H80NO7+. The Hall–Kier alpha value is -2.71. The van der Waals surface area contributed by atoms with E-state index in [-0.39, 0.29) is 36.2 Å². The highest BCUT2D eigenvalue weighted by atomic mass is 16.6. The van der Waals surface area contributed by atoms with E-state index in [1.165, 1.54) is 64.2 Å². The molecule has 1 N–H and O–H groups in total. The zero-order valence-corrected chi connectivity index (χ0v) is 34.7. The first-order chi connectivity index (χ1) is 25.6. The Morgan fingerprint density at radius 3 is 1.62 bits per heavy atom. The molecule has 0 spiro atoms. The smallest absolute Gasteiger partial charge is 0.362 e. The lowest BCUT2D eigenvalue weighted by atomic mass is 10.1. The Morgan fingerprint density at radius 1 is 0.585 bits per heavy atom. The Kier molecular flexibility index (Phi) is 34.4. The van der Waals surface area contributed by atoms with E-state index in [9.17, 15) is 19.5 Å². The molecule has 8 heteroatoms. The maximum absolute atomic E-state index is 12.7. The molecular weight excluding hydrogens is 666 g/mol. The van der Waals surface area contributed by atoms with Gasteiger partial charge in [-0.1, -0.05) is 140 Å². The lowest BCUT2D eigenvalue weighted by Gasteiger charge is -2.31. The van der Waals surface area contributed by atoms with E-state index in [0.29, 0.717) is 19.3 Å². The molecule has 0 aromatic rings. The van der Waals surface area contributed by atoms with E-state index in [2.05, 4.69) is 62.5 Å². The van der Waals surface area contributed by atoms with Crippen LogP contribution in [-0.2, 0) is 28.6 Å². The molecule has 0 aliphatic rings. The number of rotatable bonds is 37. The van der Waals surface area contributed by atoms with Crippen LogP contribution < -0.4 is 0 Å². The third-order valence-electron chi connectivity index (χ3n) is 9.27. The first kappa shape index (κ1) is 50.3. The largest absolute Gasteiger partial charge is 0.477 e. The van der Waals surface area contributed by atoms with Crippen LogP contribution in [0.2, 0.25) is 0 Å². The van der Waals surface area contributed by atoms with E-state index < -0.39 is 18.1 Å². The first-order valence-electron chi connectivity index (χ1n) is 21.2. The van der Waals surface area contributed by atoms with Crippen LogP contribution in [0.1, 0.15) is 168 Å². The lowest BCUT2D eigenvalue weighted by Crippen LogP contribution is -2.50. The third kappa shape index (κ3) is 34.8. The van der Waals surface area contributed by atoms with E-state index in [1.807, 2.05) is 21.1 Å². The summed E-state index contributed by atoms with van der Waals surface area (Å²) in [4.78, 5) is 36.9. The van der Waals surface area contributed by atoms with Gasteiger partial charge < -0.3 is 23.8 Å². The van der Waals surface area contributed by atoms with Crippen molar-refractivity contribution < 1.29 is 38.2 Å². The number of carbonyl (C=O) groups is 3. The molecule has 0 radical (unpaired) electrons. The average Bonchev–Trinajstić information content (AvgIpc) is 3.11. The van der Waals surface area contributed by atoms with E-state index in [1.54, 1.807) is 0 Å². The molecule has 0 fully saturated rings. The van der Waals surface area contributed by atoms with Crippen LogP contribution in [0.5, 0.6) is 0 Å². The van der Waals surface area contributed by atoms with Crippen LogP contribution in [0.4, 0.5) is 0 Å². The van der Waals surface area contributed by atoms with Crippen molar-refractivity contribution >= 4 is 17.9 Å². The Labute approximate surface area is 325 Å². The molecule has 2 unspecified atom stereocenters. The number of ether oxygens (including phenoxy) is 3.